The van der Waals surface area contributed by atoms with E-state index >= 15 is 0 Å². The maximum absolute atomic E-state index is 13.6. The quantitative estimate of drug-likeness (QED) is 0.884. The van der Waals surface area contributed by atoms with Crippen LogP contribution >= 0.6 is 23.5 Å². The SMILES string of the molecule is CCNC(c1cc(F)ccc1C)C1CSC(C)C(C)S1. The summed E-state index contributed by atoms with van der Waals surface area (Å²) in [6, 6.07) is 5.39. The van der Waals surface area contributed by atoms with E-state index in [0.29, 0.717) is 15.7 Å². The Labute approximate surface area is 130 Å². The van der Waals surface area contributed by atoms with Crippen LogP contribution < -0.4 is 5.32 Å². The van der Waals surface area contributed by atoms with Crippen LogP contribution in [0.2, 0.25) is 0 Å². The molecular weight excluding hydrogens is 289 g/mol. The van der Waals surface area contributed by atoms with Crippen molar-refractivity contribution in [3.63, 3.8) is 0 Å². The molecule has 1 aliphatic rings. The summed E-state index contributed by atoms with van der Waals surface area (Å²) in [5.41, 5.74) is 2.29. The van der Waals surface area contributed by atoms with Crippen LogP contribution in [0, 0.1) is 12.7 Å². The van der Waals surface area contributed by atoms with E-state index < -0.39 is 0 Å². The van der Waals surface area contributed by atoms with Crippen molar-refractivity contribution in [1.29, 1.82) is 0 Å². The molecule has 4 heteroatoms. The molecule has 1 nitrogen and oxygen atoms in total. The molecule has 0 bridgehead atoms. The average Bonchev–Trinajstić information content (AvgIpc) is 2.42. The van der Waals surface area contributed by atoms with Gasteiger partial charge in [0, 0.05) is 27.5 Å². The van der Waals surface area contributed by atoms with Gasteiger partial charge in [0.2, 0.25) is 0 Å². The van der Waals surface area contributed by atoms with Crippen molar-refractivity contribution in [1.82, 2.24) is 5.32 Å². The largest absolute Gasteiger partial charge is 0.309 e. The summed E-state index contributed by atoms with van der Waals surface area (Å²) in [6.45, 7) is 9.70. The van der Waals surface area contributed by atoms with E-state index in [1.165, 1.54) is 5.56 Å². The third-order valence-corrected chi connectivity index (χ3v) is 7.44. The number of nitrogens with one attached hydrogen (secondary N) is 1. The summed E-state index contributed by atoms with van der Waals surface area (Å²) in [6.07, 6.45) is 0. The van der Waals surface area contributed by atoms with Gasteiger partial charge in [-0.1, -0.05) is 26.8 Å². The standard InChI is InChI=1S/C16H24FNS2/c1-5-18-16(14-8-13(17)7-6-10(14)2)15-9-19-11(3)12(4)20-15/h6-8,11-12,15-16,18H,5,9H2,1-4H3. The molecule has 112 valence electrons. The Morgan fingerprint density at radius 2 is 2.10 bits per heavy atom. The van der Waals surface area contributed by atoms with Crippen LogP contribution in [0.4, 0.5) is 4.39 Å². The molecule has 1 N–H and O–H groups in total. The fraction of sp³-hybridized carbons (Fsp3) is 0.625. The van der Waals surface area contributed by atoms with Crippen LogP contribution in [0.15, 0.2) is 18.2 Å². The van der Waals surface area contributed by atoms with Crippen molar-refractivity contribution < 1.29 is 4.39 Å². The molecule has 1 fully saturated rings. The number of thioether (sulfide) groups is 2. The molecule has 1 aliphatic heterocycles. The smallest absolute Gasteiger partial charge is 0.123 e. The predicted octanol–water partition coefficient (Wildman–Crippen LogP) is 4.41. The fourth-order valence-corrected chi connectivity index (χ4v) is 5.70. The van der Waals surface area contributed by atoms with E-state index in [1.807, 2.05) is 29.6 Å². The fourth-order valence-electron chi connectivity index (χ4n) is 2.59. The Bertz CT molecular complexity index is 452. The van der Waals surface area contributed by atoms with E-state index in [0.717, 1.165) is 17.9 Å². The van der Waals surface area contributed by atoms with Crippen molar-refractivity contribution in [3.05, 3.63) is 35.1 Å². The summed E-state index contributed by atoms with van der Waals surface area (Å²) in [4.78, 5) is 0. The van der Waals surface area contributed by atoms with Gasteiger partial charge in [-0.15, -0.1) is 0 Å². The van der Waals surface area contributed by atoms with Gasteiger partial charge in [-0.3, -0.25) is 0 Å². The average molecular weight is 314 g/mol. The van der Waals surface area contributed by atoms with E-state index in [2.05, 4.69) is 33.0 Å². The summed E-state index contributed by atoms with van der Waals surface area (Å²) in [5, 5.41) is 5.43. The zero-order chi connectivity index (χ0) is 14.7. The molecule has 0 amide bonds. The topological polar surface area (TPSA) is 12.0 Å². The van der Waals surface area contributed by atoms with E-state index in [4.69, 9.17) is 0 Å². The Balaban J connectivity index is 2.24. The first-order chi connectivity index (χ1) is 9.52. The zero-order valence-corrected chi connectivity index (χ0v) is 14.3. The highest BCUT2D eigenvalue weighted by molar-refractivity contribution is 8.07. The minimum absolute atomic E-state index is 0.136. The van der Waals surface area contributed by atoms with E-state index in [1.54, 1.807) is 12.1 Å². The van der Waals surface area contributed by atoms with Crippen LogP contribution in [0.25, 0.3) is 0 Å². The number of rotatable bonds is 4. The normalized spacial score (nSPS) is 28.4. The molecular formula is C16H24FNS2. The van der Waals surface area contributed by atoms with E-state index in [9.17, 15) is 4.39 Å². The third-order valence-electron chi connectivity index (χ3n) is 3.95. The number of halogens is 1. The van der Waals surface area contributed by atoms with Gasteiger partial charge in [-0.05, 0) is 36.7 Å². The van der Waals surface area contributed by atoms with Gasteiger partial charge >= 0.3 is 0 Å². The first-order valence-corrected chi connectivity index (χ1v) is 9.28. The first kappa shape index (κ1) is 16.2. The lowest BCUT2D eigenvalue weighted by Gasteiger charge is -2.37. The van der Waals surface area contributed by atoms with Crippen molar-refractivity contribution in [2.45, 2.75) is 49.5 Å². The Hall–Kier alpha value is -0.190. The first-order valence-electron chi connectivity index (χ1n) is 7.29. The lowest BCUT2D eigenvalue weighted by atomic mass is 9.98. The van der Waals surface area contributed by atoms with Crippen molar-refractivity contribution >= 4 is 23.5 Å². The lowest BCUT2D eigenvalue weighted by molar-refractivity contribution is 0.538. The van der Waals surface area contributed by atoms with Crippen LogP contribution in [0.5, 0.6) is 0 Å². The lowest BCUT2D eigenvalue weighted by Crippen LogP contribution is -2.37. The maximum atomic E-state index is 13.6. The Morgan fingerprint density at radius 1 is 1.35 bits per heavy atom. The van der Waals surface area contributed by atoms with E-state index in [-0.39, 0.29) is 11.9 Å². The maximum Gasteiger partial charge on any atom is 0.123 e. The predicted molar refractivity (Wildman–Crippen MR) is 90.3 cm³/mol. The van der Waals surface area contributed by atoms with Gasteiger partial charge in [-0.25, -0.2) is 4.39 Å². The van der Waals surface area contributed by atoms with Crippen molar-refractivity contribution in [3.8, 4) is 0 Å². The van der Waals surface area contributed by atoms with Gasteiger partial charge < -0.3 is 5.32 Å². The van der Waals surface area contributed by atoms with Gasteiger partial charge in [0.1, 0.15) is 5.82 Å². The Morgan fingerprint density at radius 3 is 2.75 bits per heavy atom. The molecule has 4 unspecified atom stereocenters. The van der Waals surface area contributed by atoms with Gasteiger partial charge in [-0.2, -0.15) is 23.5 Å². The molecule has 4 atom stereocenters. The molecule has 20 heavy (non-hydrogen) atoms. The van der Waals surface area contributed by atoms with Gasteiger partial charge in [0.15, 0.2) is 0 Å². The van der Waals surface area contributed by atoms with Gasteiger partial charge in [0.25, 0.3) is 0 Å². The van der Waals surface area contributed by atoms with Crippen molar-refractivity contribution in [2.75, 3.05) is 12.3 Å². The second-order valence-corrected chi connectivity index (χ2v) is 8.49. The monoisotopic (exact) mass is 313 g/mol. The van der Waals surface area contributed by atoms with Crippen LogP contribution in [0.3, 0.4) is 0 Å². The molecule has 0 aliphatic carbocycles. The number of aryl methyl sites for hydroxylation is 1. The van der Waals surface area contributed by atoms with Crippen LogP contribution in [-0.4, -0.2) is 28.0 Å². The summed E-state index contributed by atoms with van der Waals surface area (Å²) in [7, 11) is 0. The second kappa shape index (κ2) is 7.19. The molecule has 0 aromatic heterocycles. The number of hydrogen-bond donors (Lipinski definition) is 1. The molecule has 0 radical (unpaired) electrons. The molecule has 0 spiro atoms. The summed E-state index contributed by atoms with van der Waals surface area (Å²) >= 11 is 4.08. The molecule has 1 saturated heterocycles. The number of hydrogen-bond acceptors (Lipinski definition) is 3. The Kier molecular flexibility index (Phi) is 5.82. The highest BCUT2D eigenvalue weighted by atomic mass is 32.2. The highest BCUT2D eigenvalue weighted by Gasteiger charge is 2.32. The summed E-state index contributed by atoms with van der Waals surface area (Å²) in [5.74, 6) is 0.993. The highest BCUT2D eigenvalue weighted by Crippen LogP contribution is 2.41. The zero-order valence-electron chi connectivity index (χ0n) is 12.7. The molecule has 1 aromatic carbocycles. The molecule has 2 rings (SSSR count). The third kappa shape index (κ3) is 3.71. The molecule has 0 saturated carbocycles. The second-order valence-electron chi connectivity index (χ2n) is 5.45. The van der Waals surface area contributed by atoms with Crippen molar-refractivity contribution in [2.24, 2.45) is 0 Å². The minimum Gasteiger partial charge on any atom is -0.309 e. The molecule has 1 heterocycles. The minimum atomic E-state index is -0.136. The van der Waals surface area contributed by atoms with Crippen LogP contribution in [0.1, 0.15) is 37.9 Å². The molecule has 1 aromatic rings. The summed E-state index contributed by atoms with van der Waals surface area (Å²) < 4.78 is 13.6. The van der Waals surface area contributed by atoms with Gasteiger partial charge in [0.05, 0.1) is 0 Å². The number of benzene rings is 1. The van der Waals surface area contributed by atoms with Crippen LogP contribution in [-0.2, 0) is 0 Å².